The number of rotatable bonds is 9. The van der Waals surface area contributed by atoms with Crippen molar-refractivity contribution >= 4 is 11.8 Å². The first-order valence-electron chi connectivity index (χ1n) is 11.5. The maximum atomic E-state index is 13.6. The van der Waals surface area contributed by atoms with Gasteiger partial charge in [0.2, 0.25) is 18.6 Å². The van der Waals surface area contributed by atoms with Crippen molar-refractivity contribution in [1.82, 2.24) is 10.2 Å². The van der Waals surface area contributed by atoms with Gasteiger partial charge in [-0.1, -0.05) is 66.2 Å². The molecule has 3 aromatic rings. The molecule has 6 nitrogen and oxygen atoms in total. The van der Waals surface area contributed by atoms with Gasteiger partial charge in [0.15, 0.2) is 11.5 Å². The van der Waals surface area contributed by atoms with Crippen LogP contribution in [0.3, 0.4) is 0 Å². The average molecular weight is 459 g/mol. The molecule has 0 saturated heterocycles. The van der Waals surface area contributed by atoms with Gasteiger partial charge in [-0.15, -0.1) is 0 Å². The van der Waals surface area contributed by atoms with Gasteiger partial charge < -0.3 is 19.7 Å². The van der Waals surface area contributed by atoms with Crippen LogP contribution in [0, 0.1) is 6.92 Å². The molecule has 1 atom stereocenters. The van der Waals surface area contributed by atoms with Crippen LogP contribution in [0.2, 0.25) is 0 Å². The van der Waals surface area contributed by atoms with Crippen LogP contribution in [-0.4, -0.2) is 36.6 Å². The Labute approximate surface area is 200 Å². The van der Waals surface area contributed by atoms with E-state index in [1.165, 1.54) is 0 Å². The lowest BCUT2D eigenvalue weighted by Gasteiger charge is -2.31. The topological polar surface area (TPSA) is 67.9 Å². The Balaban J connectivity index is 1.56. The molecule has 34 heavy (non-hydrogen) atoms. The van der Waals surface area contributed by atoms with Gasteiger partial charge in [-0.05, 0) is 42.2 Å². The highest BCUT2D eigenvalue weighted by molar-refractivity contribution is 5.88. The molecule has 1 aliphatic heterocycles. The fourth-order valence-corrected chi connectivity index (χ4v) is 4.10. The second kappa shape index (κ2) is 10.9. The van der Waals surface area contributed by atoms with Gasteiger partial charge in [-0.25, -0.2) is 0 Å². The first-order chi connectivity index (χ1) is 16.5. The standard InChI is InChI=1S/C28H30N2O4/c1-20-8-10-23(11-9-20)18-30(24(28(32)29-2)16-21-6-4-3-5-7-21)27(31)15-13-22-12-14-25-26(17-22)34-19-33-25/h3-12,14,17,24H,13,15-16,18-19H2,1-2H3,(H,29,32)/t24-/m1/s1. The van der Waals surface area contributed by atoms with Crippen LogP contribution < -0.4 is 14.8 Å². The van der Waals surface area contributed by atoms with Crippen molar-refractivity contribution in [3.05, 3.63) is 95.1 Å². The van der Waals surface area contributed by atoms with Gasteiger partial charge in [0.25, 0.3) is 0 Å². The molecule has 1 heterocycles. The molecule has 6 heteroatoms. The van der Waals surface area contributed by atoms with E-state index in [0.29, 0.717) is 25.1 Å². The minimum atomic E-state index is -0.613. The third-order valence-corrected chi connectivity index (χ3v) is 6.06. The van der Waals surface area contributed by atoms with Gasteiger partial charge in [-0.3, -0.25) is 9.59 Å². The SMILES string of the molecule is CNC(=O)[C@@H](Cc1ccccc1)N(Cc1ccc(C)cc1)C(=O)CCc1ccc2c(c1)OCO2. The summed E-state index contributed by atoms with van der Waals surface area (Å²) in [7, 11) is 1.61. The maximum Gasteiger partial charge on any atom is 0.242 e. The van der Waals surface area contributed by atoms with Gasteiger partial charge in [0.05, 0.1) is 0 Å². The molecule has 1 N–H and O–H groups in total. The molecule has 4 rings (SSSR count). The highest BCUT2D eigenvalue weighted by atomic mass is 16.7. The zero-order valence-corrected chi connectivity index (χ0v) is 19.6. The molecular weight excluding hydrogens is 428 g/mol. The number of hydrogen-bond acceptors (Lipinski definition) is 4. The van der Waals surface area contributed by atoms with E-state index < -0.39 is 6.04 Å². The van der Waals surface area contributed by atoms with E-state index in [4.69, 9.17) is 9.47 Å². The summed E-state index contributed by atoms with van der Waals surface area (Å²) < 4.78 is 10.8. The zero-order valence-electron chi connectivity index (χ0n) is 19.6. The van der Waals surface area contributed by atoms with Crippen molar-refractivity contribution in [3.63, 3.8) is 0 Å². The number of hydrogen-bond donors (Lipinski definition) is 1. The van der Waals surface area contributed by atoms with E-state index in [0.717, 1.165) is 28.0 Å². The first-order valence-corrected chi connectivity index (χ1v) is 11.5. The summed E-state index contributed by atoms with van der Waals surface area (Å²) >= 11 is 0. The number of amides is 2. The van der Waals surface area contributed by atoms with Crippen molar-refractivity contribution in [1.29, 1.82) is 0 Å². The van der Waals surface area contributed by atoms with Crippen molar-refractivity contribution in [2.45, 2.75) is 38.8 Å². The summed E-state index contributed by atoms with van der Waals surface area (Å²) in [5.74, 6) is 1.18. The Bertz CT molecular complexity index is 1130. The van der Waals surface area contributed by atoms with E-state index >= 15 is 0 Å². The molecular formula is C28H30N2O4. The number of aryl methyl sites for hydroxylation is 2. The van der Waals surface area contributed by atoms with Gasteiger partial charge in [-0.2, -0.15) is 0 Å². The van der Waals surface area contributed by atoms with E-state index in [-0.39, 0.29) is 25.0 Å². The molecule has 176 valence electrons. The number of fused-ring (bicyclic) bond motifs is 1. The smallest absolute Gasteiger partial charge is 0.242 e. The Morgan fingerprint density at radius 1 is 0.912 bits per heavy atom. The molecule has 0 fully saturated rings. The Morgan fingerprint density at radius 2 is 1.62 bits per heavy atom. The lowest BCUT2D eigenvalue weighted by Crippen LogP contribution is -2.49. The molecule has 0 unspecified atom stereocenters. The van der Waals surface area contributed by atoms with Gasteiger partial charge >= 0.3 is 0 Å². The highest BCUT2D eigenvalue weighted by Crippen LogP contribution is 2.32. The largest absolute Gasteiger partial charge is 0.454 e. The van der Waals surface area contributed by atoms with Crippen LogP contribution in [-0.2, 0) is 29.0 Å². The van der Waals surface area contributed by atoms with Crippen LogP contribution in [0.25, 0.3) is 0 Å². The van der Waals surface area contributed by atoms with Gasteiger partial charge in [0, 0.05) is 26.4 Å². The molecule has 0 bridgehead atoms. The molecule has 3 aromatic carbocycles. The number of carbonyl (C=O) groups is 2. The average Bonchev–Trinajstić information content (AvgIpc) is 3.34. The zero-order chi connectivity index (χ0) is 23.9. The Kier molecular flexibility index (Phi) is 7.48. The van der Waals surface area contributed by atoms with Crippen LogP contribution in [0.15, 0.2) is 72.8 Å². The van der Waals surface area contributed by atoms with E-state index in [1.807, 2.05) is 79.7 Å². The molecule has 0 saturated carbocycles. The van der Waals surface area contributed by atoms with Crippen molar-refractivity contribution in [2.75, 3.05) is 13.8 Å². The summed E-state index contributed by atoms with van der Waals surface area (Å²) in [6.07, 6.45) is 1.28. The van der Waals surface area contributed by atoms with Crippen LogP contribution in [0.1, 0.15) is 28.7 Å². The minimum Gasteiger partial charge on any atom is -0.454 e. The van der Waals surface area contributed by atoms with Crippen LogP contribution >= 0.6 is 0 Å². The molecule has 0 radical (unpaired) electrons. The second-order valence-corrected chi connectivity index (χ2v) is 8.51. The van der Waals surface area contributed by atoms with Crippen molar-refractivity contribution in [2.24, 2.45) is 0 Å². The molecule has 0 aromatic heterocycles. The Hall–Kier alpha value is -3.80. The number of carbonyl (C=O) groups excluding carboxylic acids is 2. The molecule has 1 aliphatic rings. The van der Waals surface area contributed by atoms with Crippen molar-refractivity contribution < 1.29 is 19.1 Å². The second-order valence-electron chi connectivity index (χ2n) is 8.51. The fourth-order valence-electron chi connectivity index (χ4n) is 4.10. The summed E-state index contributed by atoms with van der Waals surface area (Å²) in [4.78, 5) is 28.2. The van der Waals surface area contributed by atoms with E-state index in [2.05, 4.69) is 5.32 Å². The summed E-state index contributed by atoms with van der Waals surface area (Å²) in [5.41, 5.74) is 4.14. The minimum absolute atomic E-state index is 0.0669. The predicted molar refractivity (Wildman–Crippen MR) is 131 cm³/mol. The molecule has 2 amide bonds. The number of likely N-dealkylation sites (N-methyl/N-ethyl adjacent to an activating group) is 1. The van der Waals surface area contributed by atoms with Gasteiger partial charge in [0.1, 0.15) is 6.04 Å². The van der Waals surface area contributed by atoms with E-state index in [9.17, 15) is 9.59 Å². The monoisotopic (exact) mass is 458 g/mol. The Morgan fingerprint density at radius 3 is 2.35 bits per heavy atom. The summed E-state index contributed by atoms with van der Waals surface area (Å²) in [5, 5.41) is 2.75. The lowest BCUT2D eigenvalue weighted by atomic mass is 10.0. The summed E-state index contributed by atoms with van der Waals surface area (Å²) in [6.45, 7) is 2.61. The third kappa shape index (κ3) is 5.76. The third-order valence-electron chi connectivity index (χ3n) is 6.06. The molecule has 0 spiro atoms. The fraction of sp³-hybridized carbons (Fsp3) is 0.286. The highest BCUT2D eigenvalue weighted by Gasteiger charge is 2.29. The quantitative estimate of drug-likeness (QED) is 0.526. The lowest BCUT2D eigenvalue weighted by molar-refractivity contribution is -0.141. The van der Waals surface area contributed by atoms with E-state index in [1.54, 1.807) is 11.9 Å². The first kappa shape index (κ1) is 23.4. The maximum absolute atomic E-state index is 13.6. The number of ether oxygens (including phenoxy) is 2. The number of nitrogens with zero attached hydrogens (tertiary/aromatic N) is 1. The van der Waals surface area contributed by atoms with Crippen molar-refractivity contribution in [3.8, 4) is 11.5 Å². The normalized spacial score (nSPS) is 12.8. The summed E-state index contributed by atoms with van der Waals surface area (Å²) in [6, 6.07) is 23.0. The number of benzene rings is 3. The number of nitrogens with one attached hydrogen (secondary N) is 1. The molecule has 0 aliphatic carbocycles. The van der Waals surface area contributed by atoms with Crippen LogP contribution in [0.4, 0.5) is 0 Å². The predicted octanol–water partition coefficient (Wildman–Crippen LogP) is 4.04. The van der Waals surface area contributed by atoms with Crippen LogP contribution in [0.5, 0.6) is 11.5 Å².